The molecule has 11 rings (SSSR count). The Labute approximate surface area is 355 Å². The van der Waals surface area contributed by atoms with Crippen molar-refractivity contribution < 1.29 is 0 Å². The lowest BCUT2D eigenvalue weighted by molar-refractivity contribution is 0.549. The minimum atomic E-state index is -0.489. The molecule has 0 bridgehead atoms. The van der Waals surface area contributed by atoms with E-state index in [1.165, 1.54) is 65.3 Å². The number of rotatable bonds is 5. The number of para-hydroxylation sites is 1. The van der Waals surface area contributed by atoms with E-state index in [0.29, 0.717) is 17.5 Å². The van der Waals surface area contributed by atoms with E-state index < -0.39 is 5.41 Å². The Hall–Kier alpha value is -6.82. The van der Waals surface area contributed by atoms with E-state index in [9.17, 15) is 0 Å². The Bertz CT molecular complexity index is 3130. The van der Waals surface area contributed by atoms with Crippen LogP contribution < -0.4 is 0 Å². The number of allylic oxidation sites excluding steroid dienone is 1. The van der Waals surface area contributed by atoms with Crippen molar-refractivity contribution in [3.05, 3.63) is 221 Å². The fourth-order valence-electron chi connectivity index (χ4n) is 9.96. The molecule has 7 aromatic carbocycles. The molecule has 1 aliphatic heterocycles. The van der Waals surface area contributed by atoms with E-state index in [4.69, 9.17) is 15.0 Å². The lowest BCUT2D eigenvalue weighted by atomic mass is 9.54. The first-order valence-electron chi connectivity index (χ1n) is 20.6. The number of nitrogens with zero attached hydrogens (tertiary/aromatic N) is 4. The van der Waals surface area contributed by atoms with Crippen LogP contribution in [-0.2, 0) is 10.8 Å². The summed E-state index contributed by atoms with van der Waals surface area (Å²) in [5, 5.41) is 1.24. The molecule has 2 aliphatic rings. The van der Waals surface area contributed by atoms with Gasteiger partial charge in [-0.2, -0.15) is 0 Å². The summed E-state index contributed by atoms with van der Waals surface area (Å²) >= 11 is 1.87. The van der Waals surface area contributed by atoms with Gasteiger partial charge in [-0.05, 0) is 95.8 Å². The van der Waals surface area contributed by atoms with E-state index in [0.717, 1.165) is 22.4 Å². The van der Waals surface area contributed by atoms with Crippen LogP contribution in [0, 0.1) is 6.92 Å². The molecule has 0 radical (unpaired) electrons. The molecule has 0 saturated carbocycles. The summed E-state index contributed by atoms with van der Waals surface area (Å²) in [6, 6.07) is 61.5. The molecular weight excluding hydrogens is 749 g/mol. The van der Waals surface area contributed by atoms with E-state index in [2.05, 4.69) is 196 Å². The van der Waals surface area contributed by atoms with Crippen LogP contribution in [-0.4, -0.2) is 19.5 Å². The van der Waals surface area contributed by atoms with Crippen molar-refractivity contribution >= 4 is 28.7 Å². The number of hydrogen-bond acceptors (Lipinski definition) is 4. The van der Waals surface area contributed by atoms with Gasteiger partial charge in [-0.15, -0.1) is 0 Å². The van der Waals surface area contributed by atoms with Gasteiger partial charge < -0.3 is 4.57 Å². The molecule has 4 nitrogen and oxygen atoms in total. The zero-order chi connectivity index (χ0) is 40.6. The van der Waals surface area contributed by atoms with Crippen LogP contribution in [0.4, 0.5) is 0 Å². The van der Waals surface area contributed by atoms with E-state index in [-0.39, 0.29) is 5.41 Å². The van der Waals surface area contributed by atoms with Crippen molar-refractivity contribution in [2.45, 2.75) is 48.3 Å². The Kier molecular flexibility index (Phi) is 8.40. The van der Waals surface area contributed by atoms with Gasteiger partial charge in [0.2, 0.25) is 0 Å². The fraction of sp³-hybridized carbons (Fsp3) is 0.109. The van der Waals surface area contributed by atoms with Crippen LogP contribution in [0.5, 0.6) is 0 Å². The van der Waals surface area contributed by atoms with Crippen LogP contribution in [0.1, 0.15) is 65.4 Å². The van der Waals surface area contributed by atoms with Gasteiger partial charge in [-0.3, -0.25) is 0 Å². The van der Waals surface area contributed by atoms with Gasteiger partial charge >= 0.3 is 0 Å². The molecule has 9 aromatic rings. The van der Waals surface area contributed by atoms with Crippen LogP contribution in [0.15, 0.2) is 186 Å². The molecule has 1 aliphatic carbocycles. The van der Waals surface area contributed by atoms with E-state index in [1.807, 2.05) is 30.0 Å². The van der Waals surface area contributed by atoms with Gasteiger partial charge in [0, 0.05) is 54.2 Å². The molecule has 0 unspecified atom stereocenters. The summed E-state index contributed by atoms with van der Waals surface area (Å²) < 4.78 is 2.34. The highest BCUT2D eigenvalue weighted by atomic mass is 32.2. The first-order valence-corrected chi connectivity index (χ1v) is 21.5. The third-order valence-electron chi connectivity index (χ3n) is 12.7. The first kappa shape index (κ1) is 36.3. The predicted octanol–water partition coefficient (Wildman–Crippen LogP) is 13.6. The first-order chi connectivity index (χ1) is 29.4. The van der Waals surface area contributed by atoms with Crippen LogP contribution in [0.2, 0.25) is 0 Å². The lowest BCUT2D eigenvalue weighted by Gasteiger charge is -2.50. The minimum Gasteiger partial charge on any atom is -0.313 e. The zero-order valence-electron chi connectivity index (χ0n) is 34.0. The van der Waals surface area contributed by atoms with E-state index in [1.54, 1.807) is 0 Å². The highest BCUT2D eigenvalue weighted by Crippen LogP contribution is 2.61. The summed E-state index contributed by atoms with van der Waals surface area (Å²) in [5.41, 5.74) is 14.7. The Morgan fingerprint density at radius 1 is 0.500 bits per heavy atom. The second-order valence-electron chi connectivity index (χ2n) is 16.3. The van der Waals surface area contributed by atoms with Crippen molar-refractivity contribution in [2.75, 3.05) is 0 Å². The van der Waals surface area contributed by atoms with Crippen molar-refractivity contribution in [1.29, 1.82) is 0 Å². The summed E-state index contributed by atoms with van der Waals surface area (Å²) in [7, 11) is 0. The smallest absolute Gasteiger partial charge is 0.164 e. The maximum atomic E-state index is 5.27. The van der Waals surface area contributed by atoms with E-state index >= 15 is 0 Å². The van der Waals surface area contributed by atoms with Gasteiger partial charge in [0.15, 0.2) is 17.5 Å². The normalized spacial score (nSPS) is 14.5. The number of benzene rings is 7. The standard InChI is InChI=1S/C55H42N4S/c1-5-17-40-35(2)59(48-25-14-9-20-41(40)48)39-31-28-37(29-32-39)52-56-51(36-18-7-6-8-19-36)57-53(58-52)38-30-33-44-47(34-38)54(3,4)42-21-10-11-22-43(42)55(44)45-23-12-15-26-49(45)60-50-27-16-13-24-46(50)55/h5-34H,1-4H3/b17-5-. The van der Waals surface area contributed by atoms with Crippen molar-refractivity contribution in [3.8, 4) is 39.9 Å². The molecule has 2 aromatic heterocycles. The Morgan fingerprint density at radius 2 is 1.02 bits per heavy atom. The monoisotopic (exact) mass is 790 g/mol. The molecular formula is C55H42N4S. The average Bonchev–Trinajstić information content (AvgIpc) is 3.58. The average molecular weight is 791 g/mol. The highest BCUT2D eigenvalue weighted by molar-refractivity contribution is 7.99. The SMILES string of the molecule is C/C=C\c1c(C)n(-c2ccc(-c3nc(-c4ccccc4)nc(-c4ccc5c(c4)C(C)(C)c4ccccc4C54c5ccccc5Sc5ccccc54)n3)cc2)c2ccccc12. The second-order valence-corrected chi connectivity index (χ2v) is 17.4. The van der Waals surface area contributed by atoms with Crippen LogP contribution >= 0.6 is 11.8 Å². The largest absolute Gasteiger partial charge is 0.313 e. The highest BCUT2D eigenvalue weighted by Gasteiger charge is 2.52. The number of hydrogen-bond donors (Lipinski definition) is 0. The molecule has 0 N–H and O–H groups in total. The quantitative estimate of drug-likeness (QED) is 0.174. The van der Waals surface area contributed by atoms with Gasteiger partial charge in [0.05, 0.1) is 10.9 Å². The molecule has 5 heteroatoms. The Morgan fingerprint density at radius 3 is 1.68 bits per heavy atom. The molecule has 288 valence electrons. The van der Waals surface area contributed by atoms with Gasteiger partial charge in [-0.25, -0.2) is 15.0 Å². The van der Waals surface area contributed by atoms with Gasteiger partial charge in [-0.1, -0.05) is 159 Å². The van der Waals surface area contributed by atoms with Crippen LogP contribution in [0.3, 0.4) is 0 Å². The Balaban J connectivity index is 1.10. The van der Waals surface area contributed by atoms with Gasteiger partial charge in [0.1, 0.15) is 0 Å². The molecule has 3 heterocycles. The zero-order valence-corrected chi connectivity index (χ0v) is 34.8. The molecule has 0 atom stereocenters. The van der Waals surface area contributed by atoms with Crippen molar-refractivity contribution in [3.63, 3.8) is 0 Å². The molecule has 0 amide bonds. The minimum absolute atomic E-state index is 0.302. The number of aromatic nitrogens is 4. The lowest BCUT2D eigenvalue weighted by Crippen LogP contribution is -2.43. The summed E-state index contributed by atoms with van der Waals surface area (Å²) in [4.78, 5) is 18.2. The maximum absolute atomic E-state index is 5.27. The third-order valence-corrected chi connectivity index (χ3v) is 13.9. The molecule has 1 spiro atoms. The third kappa shape index (κ3) is 5.35. The molecule has 0 fully saturated rings. The summed E-state index contributed by atoms with van der Waals surface area (Å²) in [6.45, 7) is 8.99. The number of fused-ring (bicyclic) bond motifs is 9. The van der Waals surface area contributed by atoms with Crippen molar-refractivity contribution in [1.82, 2.24) is 19.5 Å². The maximum Gasteiger partial charge on any atom is 0.164 e. The summed E-state index contributed by atoms with van der Waals surface area (Å²) in [5.74, 6) is 1.94. The van der Waals surface area contributed by atoms with Gasteiger partial charge in [0.25, 0.3) is 0 Å². The topological polar surface area (TPSA) is 43.6 Å². The van der Waals surface area contributed by atoms with Crippen molar-refractivity contribution in [2.24, 2.45) is 0 Å². The summed E-state index contributed by atoms with van der Waals surface area (Å²) in [6.07, 6.45) is 4.31. The molecule has 60 heavy (non-hydrogen) atoms. The van der Waals surface area contributed by atoms with Crippen LogP contribution in [0.25, 0.3) is 56.8 Å². The predicted molar refractivity (Wildman–Crippen MR) is 247 cm³/mol. The fourth-order valence-corrected chi connectivity index (χ4v) is 11.2. The second kappa shape index (κ2) is 13.9. The molecule has 0 saturated heterocycles.